The molecule has 11 heteroatoms. The standard InChI is InChI=1S/C28H21ClF3N3O4/c29-17-6-9-21-22(14-17)34(18-7-4-16(5-8-18)24(36)33-13-12-28(31,32)15-33)26(39)35(21)27(10-11-27)20-3-1-2-19(23(20)30)25(37)38/h1-9,14H,10-13,15H2,(H,37,38). The number of halogens is 4. The van der Waals surface area contributed by atoms with E-state index < -0.39 is 47.0 Å². The summed E-state index contributed by atoms with van der Waals surface area (Å²) in [5.74, 6) is -5.73. The highest BCUT2D eigenvalue weighted by atomic mass is 35.5. The van der Waals surface area contributed by atoms with E-state index in [0.29, 0.717) is 34.6 Å². The van der Waals surface area contributed by atoms with Crippen LogP contribution in [0.3, 0.4) is 0 Å². The Morgan fingerprint density at radius 1 is 0.949 bits per heavy atom. The van der Waals surface area contributed by atoms with Gasteiger partial charge in [0.2, 0.25) is 0 Å². The van der Waals surface area contributed by atoms with Crippen LogP contribution in [0.2, 0.25) is 5.02 Å². The quantitative estimate of drug-likeness (QED) is 0.362. The molecular weight excluding hydrogens is 535 g/mol. The Labute approximate surface area is 224 Å². The van der Waals surface area contributed by atoms with Crippen molar-refractivity contribution in [2.24, 2.45) is 0 Å². The van der Waals surface area contributed by atoms with Gasteiger partial charge in [0.15, 0.2) is 0 Å². The molecule has 1 aliphatic heterocycles. The zero-order valence-electron chi connectivity index (χ0n) is 20.3. The van der Waals surface area contributed by atoms with Crippen LogP contribution in [0.5, 0.6) is 0 Å². The van der Waals surface area contributed by atoms with Crippen molar-refractivity contribution < 1.29 is 27.9 Å². The number of hydrogen-bond acceptors (Lipinski definition) is 3. The minimum atomic E-state index is -2.91. The number of alkyl halides is 2. The second-order valence-corrected chi connectivity index (χ2v) is 10.4. The largest absolute Gasteiger partial charge is 0.478 e. The zero-order valence-corrected chi connectivity index (χ0v) is 21.1. The lowest BCUT2D eigenvalue weighted by atomic mass is 10.00. The van der Waals surface area contributed by atoms with Gasteiger partial charge in [-0.05, 0) is 61.4 Å². The van der Waals surface area contributed by atoms with E-state index in [2.05, 4.69) is 0 Å². The van der Waals surface area contributed by atoms with Crippen LogP contribution in [0.4, 0.5) is 13.2 Å². The van der Waals surface area contributed by atoms with E-state index in [-0.39, 0.29) is 24.1 Å². The normalized spacial score (nSPS) is 17.5. The number of carboxylic acid groups (broad SMARTS) is 1. The van der Waals surface area contributed by atoms with Gasteiger partial charge < -0.3 is 10.0 Å². The van der Waals surface area contributed by atoms with Gasteiger partial charge in [0.25, 0.3) is 11.8 Å². The van der Waals surface area contributed by atoms with Crippen molar-refractivity contribution >= 4 is 34.5 Å². The van der Waals surface area contributed by atoms with Crippen molar-refractivity contribution in [3.8, 4) is 5.69 Å². The maximum Gasteiger partial charge on any atom is 0.338 e. The highest BCUT2D eigenvalue weighted by Crippen LogP contribution is 2.51. The van der Waals surface area contributed by atoms with E-state index in [1.807, 2.05) is 0 Å². The molecule has 0 unspecified atom stereocenters. The highest BCUT2D eigenvalue weighted by Gasteiger charge is 2.51. The van der Waals surface area contributed by atoms with E-state index in [1.165, 1.54) is 39.5 Å². The molecule has 3 aromatic carbocycles. The van der Waals surface area contributed by atoms with Crippen LogP contribution in [-0.2, 0) is 5.54 Å². The number of carbonyl (C=O) groups excluding carboxylic acids is 1. The smallest absolute Gasteiger partial charge is 0.338 e. The molecule has 7 nitrogen and oxygen atoms in total. The number of likely N-dealkylation sites (tertiary alicyclic amines) is 1. The molecule has 1 N–H and O–H groups in total. The number of carboxylic acids is 1. The molecule has 200 valence electrons. The molecule has 4 aromatic rings. The second kappa shape index (κ2) is 8.74. The molecule has 1 aromatic heterocycles. The lowest BCUT2D eigenvalue weighted by molar-refractivity contribution is 0.0120. The van der Waals surface area contributed by atoms with Crippen LogP contribution in [0.25, 0.3) is 16.7 Å². The third-order valence-corrected chi connectivity index (χ3v) is 7.75. The first-order valence-corrected chi connectivity index (χ1v) is 12.6. The number of amides is 1. The average molecular weight is 556 g/mol. The van der Waals surface area contributed by atoms with Gasteiger partial charge in [-0.15, -0.1) is 0 Å². The fourth-order valence-electron chi connectivity index (χ4n) is 5.47. The Kier molecular flexibility index (Phi) is 5.65. The molecule has 0 bridgehead atoms. The minimum Gasteiger partial charge on any atom is -0.478 e. The number of benzene rings is 3. The van der Waals surface area contributed by atoms with Crippen LogP contribution >= 0.6 is 11.6 Å². The van der Waals surface area contributed by atoms with Crippen LogP contribution in [0, 0.1) is 5.82 Å². The molecule has 1 aliphatic carbocycles. The van der Waals surface area contributed by atoms with Crippen molar-refractivity contribution in [2.75, 3.05) is 13.1 Å². The number of aromatic carboxylic acids is 1. The summed E-state index contributed by atoms with van der Waals surface area (Å²) < 4.78 is 45.4. The molecule has 1 amide bonds. The number of fused-ring (bicyclic) bond motifs is 1. The molecule has 39 heavy (non-hydrogen) atoms. The van der Waals surface area contributed by atoms with E-state index in [9.17, 15) is 28.3 Å². The molecule has 1 saturated carbocycles. The van der Waals surface area contributed by atoms with Gasteiger partial charge >= 0.3 is 11.7 Å². The number of rotatable bonds is 5. The Hall–Kier alpha value is -4.05. The van der Waals surface area contributed by atoms with E-state index in [4.69, 9.17) is 11.6 Å². The molecule has 2 aliphatic rings. The fraction of sp³-hybridized carbons (Fsp3) is 0.250. The Bertz CT molecular complexity index is 1720. The Balaban J connectivity index is 1.46. The summed E-state index contributed by atoms with van der Waals surface area (Å²) in [4.78, 5) is 39.4. The second-order valence-electron chi connectivity index (χ2n) is 9.97. The molecule has 0 atom stereocenters. The number of aromatic nitrogens is 2. The zero-order chi connectivity index (χ0) is 27.7. The first kappa shape index (κ1) is 25.2. The van der Waals surface area contributed by atoms with Crippen molar-refractivity contribution in [3.05, 3.63) is 98.7 Å². The van der Waals surface area contributed by atoms with E-state index in [1.54, 1.807) is 30.3 Å². The third kappa shape index (κ3) is 4.01. The first-order valence-electron chi connectivity index (χ1n) is 12.3. The third-order valence-electron chi connectivity index (χ3n) is 7.51. The SMILES string of the molecule is O=C(O)c1cccc(C2(n3c(=O)n(-c4ccc(C(=O)N5CCC(F)(F)C5)cc4)c4cc(Cl)ccc43)CC2)c1F. The van der Waals surface area contributed by atoms with Crippen LogP contribution in [0.15, 0.2) is 65.5 Å². The van der Waals surface area contributed by atoms with Gasteiger partial charge in [-0.1, -0.05) is 23.7 Å². The summed E-state index contributed by atoms with van der Waals surface area (Å²) in [6, 6.07) is 15.0. The Morgan fingerprint density at radius 3 is 2.28 bits per heavy atom. The number of nitrogens with zero attached hydrogens (tertiary/aromatic N) is 3. The summed E-state index contributed by atoms with van der Waals surface area (Å²) in [6.07, 6.45) is 0.454. The number of hydrogen-bond donors (Lipinski definition) is 1. The fourth-order valence-corrected chi connectivity index (χ4v) is 5.63. The lowest BCUT2D eigenvalue weighted by Gasteiger charge is -2.19. The number of imidazole rings is 1. The van der Waals surface area contributed by atoms with Crippen LogP contribution in [0.1, 0.15) is 45.5 Å². The van der Waals surface area contributed by atoms with Crippen molar-refractivity contribution in [2.45, 2.75) is 30.7 Å². The van der Waals surface area contributed by atoms with Crippen LogP contribution < -0.4 is 5.69 Å². The summed E-state index contributed by atoms with van der Waals surface area (Å²) in [6.45, 7) is -0.679. The molecule has 6 rings (SSSR count). The maximum atomic E-state index is 15.4. The van der Waals surface area contributed by atoms with Gasteiger partial charge in [-0.2, -0.15) is 0 Å². The van der Waals surface area contributed by atoms with Crippen molar-refractivity contribution in [3.63, 3.8) is 0 Å². The van der Waals surface area contributed by atoms with Gasteiger partial charge in [0.1, 0.15) is 5.82 Å². The topological polar surface area (TPSA) is 84.5 Å². The van der Waals surface area contributed by atoms with E-state index >= 15 is 4.39 Å². The summed E-state index contributed by atoms with van der Waals surface area (Å²) in [5, 5.41) is 9.78. The number of carbonyl (C=O) groups is 2. The summed E-state index contributed by atoms with van der Waals surface area (Å²) in [7, 11) is 0. The molecule has 1 saturated heterocycles. The summed E-state index contributed by atoms with van der Waals surface area (Å²) >= 11 is 6.27. The lowest BCUT2D eigenvalue weighted by Crippen LogP contribution is -2.33. The highest BCUT2D eigenvalue weighted by molar-refractivity contribution is 6.31. The van der Waals surface area contributed by atoms with Crippen molar-refractivity contribution in [1.82, 2.24) is 14.0 Å². The molecule has 2 fully saturated rings. The van der Waals surface area contributed by atoms with Gasteiger partial charge in [-0.3, -0.25) is 13.9 Å². The summed E-state index contributed by atoms with van der Waals surface area (Å²) in [5.41, 5.74) is -0.434. The maximum absolute atomic E-state index is 15.4. The van der Waals surface area contributed by atoms with Gasteiger partial charge in [-0.25, -0.2) is 22.8 Å². The average Bonchev–Trinajstić information content (AvgIpc) is 3.52. The first-order chi connectivity index (χ1) is 18.5. The predicted molar refractivity (Wildman–Crippen MR) is 138 cm³/mol. The molecule has 0 spiro atoms. The molecule has 0 radical (unpaired) electrons. The van der Waals surface area contributed by atoms with Crippen molar-refractivity contribution in [1.29, 1.82) is 0 Å². The van der Waals surface area contributed by atoms with Crippen LogP contribution in [-0.4, -0.2) is 50.0 Å². The predicted octanol–water partition coefficient (Wildman–Crippen LogP) is 5.30. The molecule has 2 heterocycles. The molecular formula is C28H21ClF3N3O4. The minimum absolute atomic E-state index is 0.0409. The van der Waals surface area contributed by atoms with E-state index in [0.717, 1.165) is 4.90 Å². The van der Waals surface area contributed by atoms with Gasteiger partial charge in [0.05, 0.1) is 34.4 Å². The Morgan fingerprint density at radius 2 is 1.67 bits per heavy atom. The van der Waals surface area contributed by atoms with Gasteiger partial charge in [0, 0.05) is 29.1 Å². The monoisotopic (exact) mass is 555 g/mol.